The zero-order chi connectivity index (χ0) is 18.1. The lowest BCUT2D eigenvalue weighted by Crippen LogP contribution is -2.35. The number of amides is 1. The van der Waals surface area contributed by atoms with Crippen molar-refractivity contribution in [2.75, 3.05) is 25.0 Å². The van der Waals surface area contributed by atoms with Gasteiger partial charge in [-0.15, -0.1) is 0 Å². The maximum absolute atomic E-state index is 12.0. The van der Waals surface area contributed by atoms with Gasteiger partial charge in [-0.3, -0.25) is 4.79 Å². The number of rotatable bonds is 3. The van der Waals surface area contributed by atoms with Gasteiger partial charge in [0.25, 0.3) is 5.91 Å². The highest BCUT2D eigenvalue weighted by molar-refractivity contribution is 5.99. The zero-order valence-corrected chi connectivity index (χ0v) is 14.9. The predicted molar refractivity (Wildman–Crippen MR) is 97.3 cm³/mol. The van der Waals surface area contributed by atoms with Gasteiger partial charge in [0.15, 0.2) is 5.65 Å². The molecule has 0 radical (unpaired) electrons. The molecule has 8 heteroatoms. The van der Waals surface area contributed by atoms with Crippen LogP contribution < -0.4 is 10.2 Å². The van der Waals surface area contributed by atoms with Crippen LogP contribution in [0, 0.1) is 6.92 Å². The molecule has 134 valence electrons. The largest absolute Gasteiger partial charge is 0.356 e. The molecule has 0 spiro atoms. The zero-order valence-electron chi connectivity index (χ0n) is 14.9. The van der Waals surface area contributed by atoms with Gasteiger partial charge >= 0.3 is 0 Å². The number of piperidine rings is 1. The van der Waals surface area contributed by atoms with Crippen molar-refractivity contribution >= 4 is 17.4 Å². The lowest BCUT2D eigenvalue weighted by atomic mass is 9.94. The normalized spacial score (nSPS) is 17.5. The number of hydrogen-bond acceptors (Lipinski definition) is 6. The maximum Gasteiger partial charge on any atom is 0.256 e. The van der Waals surface area contributed by atoms with Gasteiger partial charge in [-0.25, -0.2) is 19.5 Å². The first-order chi connectivity index (χ1) is 12.7. The lowest BCUT2D eigenvalue weighted by molar-refractivity contribution is 0.0964. The number of carbonyl (C=O) groups excluding carboxylic acids is 1. The molecular weight excluding hydrogens is 330 g/mol. The van der Waals surface area contributed by atoms with E-state index in [1.54, 1.807) is 30.3 Å². The van der Waals surface area contributed by atoms with Crippen molar-refractivity contribution in [1.82, 2.24) is 29.9 Å². The van der Waals surface area contributed by atoms with Crippen LogP contribution in [-0.4, -0.2) is 50.6 Å². The topological polar surface area (TPSA) is 88.3 Å². The summed E-state index contributed by atoms with van der Waals surface area (Å²) in [5.74, 6) is 1.08. The third-order valence-electron chi connectivity index (χ3n) is 4.86. The van der Waals surface area contributed by atoms with Gasteiger partial charge in [0.05, 0.1) is 11.9 Å². The summed E-state index contributed by atoms with van der Waals surface area (Å²) in [5, 5.41) is 7.06. The molecule has 8 nitrogen and oxygen atoms in total. The second kappa shape index (κ2) is 6.70. The van der Waals surface area contributed by atoms with E-state index < -0.39 is 0 Å². The van der Waals surface area contributed by atoms with E-state index in [2.05, 4.69) is 30.3 Å². The number of carbonyl (C=O) groups is 1. The first kappa shape index (κ1) is 16.4. The second-order valence-corrected chi connectivity index (χ2v) is 6.55. The highest BCUT2D eigenvalue weighted by atomic mass is 16.1. The Morgan fingerprint density at radius 3 is 3.00 bits per heavy atom. The van der Waals surface area contributed by atoms with E-state index in [-0.39, 0.29) is 5.91 Å². The molecule has 1 amide bonds. The summed E-state index contributed by atoms with van der Waals surface area (Å²) in [6.07, 6.45) is 7.09. The van der Waals surface area contributed by atoms with Crippen LogP contribution in [0.1, 0.15) is 40.5 Å². The standard InChI is InChI=1S/C18H21N7O/c1-12-8-16(22-11-21-12)24-7-3-4-13(10-24)15-5-6-20-17-14(18(26)19-2)9-23-25(15)17/h5-6,8-9,11,13H,3-4,7,10H2,1-2H3,(H,19,26). The lowest BCUT2D eigenvalue weighted by Gasteiger charge is -2.33. The van der Waals surface area contributed by atoms with Crippen LogP contribution >= 0.6 is 0 Å². The minimum Gasteiger partial charge on any atom is -0.356 e. The molecular formula is C18H21N7O. The molecule has 3 aromatic rings. The Balaban J connectivity index is 1.67. The SMILES string of the molecule is CNC(=O)c1cnn2c(C3CCCN(c4cc(C)ncn4)C3)ccnc12. The molecule has 0 aromatic carbocycles. The summed E-state index contributed by atoms with van der Waals surface area (Å²) in [7, 11) is 1.61. The molecule has 1 saturated heterocycles. The molecule has 3 aromatic heterocycles. The van der Waals surface area contributed by atoms with Gasteiger partial charge in [-0.2, -0.15) is 5.10 Å². The molecule has 1 atom stereocenters. The first-order valence-electron chi connectivity index (χ1n) is 8.75. The minimum absolute atomic E-state index is 0.175. The van der Waals surface area contributed by atoms with Gasteiger partial charge in [0.1, 0.15) is 17.7 Å². The van der Waals surface area contributed by atoms with Crippen LogP contribution in [0.15, 0.2) is 30.9 Å². The average molecular weight is 351 g/mol. The molecule has 1 N–H and O–H groups in total. The Kier molecular flexibility index (Phi) is 4.24. The van der Waals surface area contributed by atoms with E-state index in [4.69, 9.17) is 0 Å². The smallest absolute Gasteiger partial charge is 0.256 e. The predicted octanol–water partition coefficient (Wildman–Crippen LogP) is 1.57. The van der Waals surface area contributed by atoms with Crippen molar-refractivity contribution in [2.45, 2.75) is 25.7 Å². The summed E-state index contributed by atoms with van der Waals surface area (Å²) in [5.41, 5.74) is 3.12. The molecule has 1 fully saturated rings. The molecule has 0 bridgehead atoms. The Labute approximate surface area is 151 Å². The first-order valence-corrected chi connectivity index (χ1v) is 8.75. The van der Waals surface area contributed by atoms with Crippen molar-refractivity contribution in [3.05, 3.63) is 47.8 Å². The number of fused-ring (bicyclic) bond motifs is 1. The molecule has 26 heavy (non-hydrogen) atoms. The molecule has 1 aliphatic heterocycles. The molecule has 1 aliphatic rings. The van der Waals surface area contributed by atoms with Crippen molar-refractivity contribution in [3.63, 3.8) is 0 Å². The van der Waals surface area contributed by atoms with Crippen molar-refractivity contribution < 1.29 is 4.79 Å². The van der Waals surface area contributed by atoms with Crippen molar-refractivity contribution in [2.24, 2.45) is 0 Å². The highest BCUT2D eigenvalue weighted by Crippen LogP contribution is 2.29. The van der Waals surface area contributed by atoms with Crippen LogP contribution in [0.25, 0.3) is 5.65 Å². The molecule has 1 unspecified atom stereocenters. The summed E-state index contributed by atoms with van der Waals surface area (Å²) in [6.45, 7) is 3.80. The van der Waals surface area contributed by atoms with Gasteiger partial charge in [0.2, 0.25) is 0 Å². The Bertz CT molecular complexity index is 952. The van der Waals surface area contributed by atoms with E-state index in [1.807, 2.05) is 19.1 Å². The van der Waals surface area contributed by atoms with Gasteiger partial charge < -0.3 is 10.2 Å². The van der Waals surface area contributed by atoms with E-state index in [0.29, 0.717) is 17.1 Å². The summed E-state index contributed by atoms with van der Waals surface area (Å²) >= 11 is 0. The monoisotopic (exact) mass is 351 g/mol. The molecule has 4 rings (SSSR count). The summed E-state index contributed by atoms with van der Waals surface area (Å²) in [4.78, 5) is 27.3. The third kappa shape index (κ3) is 2.87. The second-order valence-electron chi connectivity index (χ2n) is 6.55. The fraction of sp³-hybridized carbons (Fsp3) is 0.389. The Hall–Kier alpha value is -3.03. The van der Waals surface area contributed by atoms with E-state index in [9.17, 15) is 4.79 Å². The third-order valence-corrected chi connectivity index (χ3v) is 4.86. The van der Waals surface area contributed by atoms with Crippen molar-refractivity contribution in [3.8, 4) is 0 Å². The molecule has 4 heterocycles. The molecule has 0 saturated carbocycles. The Morgan fingerprint density at radius 2 is 2.19 bits per heavy atom. The van der Waals surface area contributed by atoms with Crippen LogP contribution in [0.3, 0.4) is 0 Å². The van der Waals surface area contributed by atoms with Gasteiger partial charge in [-0.1, -0.05) is 0 Å². The highest BCUT2D eigenvalue weighted by Gasteiger charge is 2.25. The van der Waals surface area contributed by atoms with Gasteiger partial charge in [0, 0.05) is 44.0 Å². The summed E-state index contributed by atoms with van der Waals surface area (Å²) in [6, 6.07) is 4.01. The molecule has 0 aliphatic carbocycles. The number of nitrogens with zero attached hydrogens (tertiary/aromatic N) is 6. The fourth-order valence-electron chi connectivity index (χ4n) is 3.55. The van der Waals surface area contributed by atoms with Gasteiger partial charge in [-0.05, 0) is 25.8 Å². The average Bonchev–Trinajstić information content (AvgIpc) is 3.11. The number of hydrogen-bond donors (Lipinski definition) is 1. The fourth-order valence-corrected chi connectivity index (χ4v) is 3.55. The summed E-state index contributed by atoms with van der Waals surface area (Å²) < 4.78 is 1.80. The number of nitrogens with one attached hydrogen (secondary N) is 1. The van der Waals surface area contributed by atoms with Crippen LogP contribution in [0.4, 0.5) is 5.82 Å². The number of anilines is 1. The van der Waals surface area contributed by atoms with Crippen molar-refractivity contribution in [1.29, 1.82) is 0 Å². The quantitative estimate of drug-likeness (QED) is 0.771. The number of aryl methyl sites for hydroxylation is 1. The Morgan fingerprint density at radius 1 is 1.31 bits per heavy atom. The van der Waals surface area contributed by atoms with Crippen LogP contribution in [0.5, 0.6) is 0 Å². The van der Waals surface area contributed by atoms with E-state index in [1.165, 1.54) is 0 Å². The minimum atomic E-state index is -0.175. The van der Waals surface area contributed by atoms with E-state index >= 15 is 0 Å². The van der Waals surface area contributed by atoms with Crippen LogP contribution in [-0.2, 0) is 0 Å². The van der Waals surface area contributed by atoms with Crippen LogP contribution in [0.2, 0.25) is 0 Å². The maximum atomic E-state index is 12.0. The number of aromatic nitrogens is 5. The van der Waals surface area contributed by atoms with E-state index in [0.717, 1.165) is 43.1 Å².